The Balaban J connectivity index is 1.63. The molecule has 1 aliphatic rings. The summed E-state index contributed by atoms with van der Waals surface area (Å²) >= 11 is 0. The molecule has 1 fully saturated rings. The number of hydrogen-bond acceptors (Lipinski definition) is 8. The van der Waals surface area contributed by atoms with Crippen LogP contribution in [0.4, 0.5) is 24.8 Å². The average molecular weight is 477 g/mol. The molecule has 11 heteroatoms. The standard InChI is InChI=1S/C23H26F3N5O3/c1-12(17-8-14(23(24,25)26)9-21(27)31-17)28-22-16-10-20(34-7-6-33-15-4-5-15)19(32-3)11-18(16)29-13(2)30-22/h8-12,15H,4-7H2,1-3H3,(H2,27,31)(H,28,29,30). The van der Waals surface area contributed by atoms with E-state index in [1.165, 1.54) is 7.11 Å². The first kappa shape index (κ1) is 23.8. The summed E-state index contributed by atoms with van der Waals surface area (Å²) in [5.74, 6) is 1.68. The van der Waals surface area contributed by atoms with Crippen LogP contribution in [-0.4, -0.2) is 41.4 Å². The molecular formula is C23H26F3N5O3. The number of nitrogens with one attached hydrogen (secondary N) is 1. The summed E-state index contributed by atoms with van der Waals surface area (Å²) in [6.45, 7) is 4.21. The van der Waals surface area contributed by atoms with Crippen molar-refractivity contribution >= 4 is 22.5 Å². The third-order valence-corrected chi connectivity index (χ3v) is 5.30. The molecule has 1 atom stereocenters. The van der Waals surface area contributed by atoms with Crippen molar-refractivity contribution in [3.8, 4) is 11.5 Å². The largest absolute Gasteiger partial charge is 0.493 e. The number of pyridine rings is 1. The molecule has 4 rings (SSSR count). The lowest BCUT2D eigenvalue weighted by atomic mass is 10.1. The highest BCUT2D eigenvalue weighted by Gasteiger charge is 2.32. The van der Waals surface area contributed by atoms with Crippen LogP contribution in [0.15, 0.2) is 24.3 Å². The molecule has 0 saturated heterocycles. The summed E-state index contributed by atoms with van der Waals surface area (Å²) in [5.41, 5.74) is 5.50. The lowest BCUT2D eigenvalue weighted by Gasteiger charge is -2.19. The van der Waals surface area contributed by atoms with Gasteiger partial charge < -0.3 is 25.3 Å². The number of nitrogen functional groups attached to an aromatic ring is 1. The van der Waals surface area contributed by atoms with Gasteiger partial charge in [-0.3, -0.25) is 0 Å². The maximum Gasteiger partial charge on any atom is 0.416 e. The zero-order valence-corrected chi connectivity index (χ0v) is 19.1. The van der Waals surface area contributed by atoms with Crippen molar-refractivity contribution in [3.05, 3.63) is 41.3 Å². The van der Waals surface area contributed by atoms with Gasteiger partial charge in [0.1, 0.15) is 24.1 Å². The molecule has 1 aromatic carbocycles. The van der Waals surface area contributed by atoms with Gasteiger partial charge in [0.2, 0.25) is 0 Å². The topological polar surface area (TPSA) is 104 Å². The van der Waals surface area contributed by atoms with Gasteiger partial charge >= 0.3 is 6.18 Å². The van der Waals surface area contributed by atoms with Crippen molar-refractivity contribution < 1.29 is 27.4 Å². The lowest BCUT2D eigenvalue weighted by Crippen LogP contribution is -2.15. The fourth-order valence-corrected chi connectivity index (χ4v) is 3.47. The predicted molar refractivity (Wildman–Crippen MR) is 121 cm³/mol. The summed E-state index contributed by atoms with van der Waals surface area (Å²) < 4.78 is 56.6. The van der Waals surface area contributed by atoms with Gasteiger partial charge in [0.25, 0.3) is 0 Å². The lowest BCUT2D eigenvalue weighted by molar-refractivity contribution is -0.137. The molecule has 182 valence electrons. The minimum atomic E-state index is -4.53. The number of rotatable bonds is 9. The van der Waals surface area contributed by atoms with E-state index in [4.69, 9.17) is 19.9 Å². The highest BCUT2D eigenvalue weighted by molar-refractivity contribution is 5.92. The second-order valence-corrected chi connectivity index (χ2v) is 8.13. The number of aromatic nitrogens is 3. The SMILES string of the molecule is COc1cc2nc(C)nc(NC(C)c3cc(C(F)(F)F)cc(N)n3)c2cc1OCCOC1CC1. The van der Waals surface area contributed by atoms with Crippen LogP contribution in [0.5, 0.6) is 11.5 Å². The molecule has 0 radical (unpaired) electrons. The second-order valence-electron chi connectivity index (χ2n) is 8.13. The fourth-order valence-electron chi connectivity index (χ4n) is 3.47. The van der Waals surface area contributed by atoms with E-state index >= 15 is 0 Å². The van der Waals surface area contributed by atoms with Crippen molar-refractivity contribution in [1.82, 2.24) is 15.0 Å². The van der Waals surface area contributed by atoms with Gasteiger partial charge in [0.05, 0.1) is 42.6 Å². The third-order valence-electron chi connectivity index (χ3n) is 5.30. The number of anilines is 2. The van der Waals surface area contributed by atoms with Crippen LogP contribution in [0.3, 0.4) is 0 Å². The first-order valence-electron chi connectivity index (χ1n) is 10.9. The van der Waals surface area contributed by atoms with Gasteiger partial charge in [0, 0.05) is 11.5 Å². The van der Waals surface area contributed by atoms with Crippen LogP contribution in [0.1, 0.15) is 42.9 Å². The monoisotopic (exact) mass is 477 g/mol. The minimum Gasteiger partial charge on any atom is -0.493 e. The number of fused-ring (bicyclic) bond motifs is 1. The van der Waals surface area contributed by atoms with Gasteiger partial charge in [-0.1, -0.05) is 0 Å². The number of nitrogens with zero attached hydrogens (tertiary/aromatic N) is 3. The Morgan fingerprint density at radius 2 is 1.85 bits per heavy atom. The molecule has 1 aliphatic carbocycles. The summed E-state index contributed by atoms with van der Waals surface area (Å²) in [6.07, 6.45) is -2.05. The van der Waals surface area contributed by atoms with Crippen molar-refractivity contribution in [3.63, 3.8) is 0 Å². The molecule has 1 saturated carbocycles. The number of ether oxygens (including phenoxy) is 3. The number of benzene rings is 1. The van der Waals surface area contributed by atoms with Crippen molar-refractivity contribution in [1.29, 1.82) is 0 Å². The van der Waals surface area contributed by atoms with Gasteiger partial charge in [-0.05, 0) is 44.9 Å². The molecule has 0 amide bonds. The zero-order valence-electron chi connectivity index (χ0n) is 19.1. The Morgan fingerprint density at radius 3 is 2.53 bits per heavy atom. The van der Waals surface area contributed by atoms with Crippen LogP contribution in [-0.2, 0) is 10.9 Å². The quantitative estimate of drug-likeness (QED) is 0.429. The van der Waals surface area contributed by atoms with Crippen LogP contribution in [0, 0.1) is 6.92 Å². The summed E-state index contributed by atoms with van der Waals surface area (Å²) in [5, 5.41) is 3.77. The van der Waals surface area contributed by atoms with Crippen LogP contribution in [0.25, 0.3) is 10.9 Å². The first-order chi connectivity index (χ1) is 16.1. The fraction of sp³-hybridized carbons (Fsp3) is 0.435. The van der Waals surface area contributed by atoms with E-state index in [0.717, 1.165) is 25.0 Å². The van der Waals surface area contributed by atoms with Crippen LogP contribution >= 0.6 is 0 Å². The van der Waals surface area contributed by atoms with E-state index in [-0.39, 0.29) is 11.5 Å². The van der Waals surface area contributed by atoms with Crippen LogP contribution < -0.4 is 20.5 Å². The van der Waals surface area contributed by atoms with Gasteiger partial charge in [-0.2, -0.15) is 13.2 Å². The van der Waals surface area contributed by atoms with E-state index < -0.39 is 17.8 Å². The zero-order chi connectivity index (χ0) is 24.5. The summed E-state index contributed by atoms with van der Waals surface area (Å²) in [7, 11) is 1.54. The highest BCUT2D eigenvalue weighted by Crippen LogP contribution is 2.36. The molecular weight excluding hydrogens is 451 g/mol. The third kappa shape index (κ3) is 5.58. The van der Waals surface area contributed by atoms with E-state index in [1.807, 2.05) is 0 Å². The molecule has 2 aromatic heterocycles. The van der Waals surface area contributed by atoms with E-state index in [1.54, 1.807) is 26.0 Å². The van der Waals surface area contributed by atoms with Crippen molar-refractivity contribution in [2.45, 2.75) is 45.0 Å². The average Bonchev–Trinajstić information content (AvgIpc) is 3.59. The normalized spacial score (nSPS) is 14.8. The van der Waals surface area contributed by atoms with Crippen molar-refractivity contribution in [2.75, 3.05) is 31.4 Å². The van der Waals surface area contributed by atoms with Gasteiger partial charge in [0.15, 0.2) is 11.5 Å². The molecule has 2 heterocycles. The maximum absolute atomic E-state index is 13.2. The molecule has 0 bridgehead atoms. The van der Waals surface area contributed by atoms with Crippen molar-refractivity contribution in [2.24, 2.45) is 0 Å². The van der Waals surface area contributed by atoms with Gasteiger partial charge in [-0.15, -0.1) is 0 Å². The summed E-state index contributed by atoms with van der Waals surface area (Å²) in [6, 6.07) is 4.64. The smallest absolute Gasteiger partial charge is 0.416 e. The van der Waals surface area contributed by atoms with E-state index in [2.05, 4.69) is 20.3 Å². The minimum absolute atomic E-state index is 0.138. The molecule has 34 heavy (non-hydrogen) atoms. The van der Waals surface area contributed by atoms with Gasteiger partial charge in [-0.25, -0.2) is 15.0 Å². The number of hydrogen-bond donors (Lipinski definition) is 2. The van der Waals surface area contributed by atoms with Crippen LogP contribution in [0.2, 0.25) is 0 Å². The predicted octanol–water partition coefficient (Wildman–Crippen LogP) is 4.67. The Morgan fingerprint density at radius 1 is 1.09 bits per heavy atom. The Hall–Kier alpha value is -3.34. The Labute approximate surface area is 194 Å². The Kier molecular flexibility index (Phi) is 6.65. The molecule has 3 aromatic rings. The molecule has 3 N–H and O–H groups in total. The number of alkyl halides is 3. The molecule has 8 nitrogen and oxygen atoms in total. The molecule has 0 spiro atoms. The number of nitrogens with two attached hydrogens (primary N) is 1. The summed E-state index contributed by atoms with van der Waals surface area (Å²) in [4.78, 5) is 13.0. The number of methoxy groups -OCH3 is 1. The Bertz CT molecular complexity index is 1180. The first-order valence-corrected chi connectivity index (χ1v) is 10.9. The second kappa shape index (κ2) is 9.49. The highest BCUT2D eigenvalue weighted by atomic mass is 19.4. The number of aryl methyl sites for hydroxylation is 1. The van der Waals surface area contributed by atoms with E-state index in [9.17, 15) is 13.2 Å². The molecule has 1 unspecified atom stereocenters. The van der Waals surface area contributed by atoms with E-state index in [0.29, 0.717) is 53.4 Å². The maximum atomic E-state index is 13.2. The molecule has 0 aliphatic heterocycles. The number of halogens is 3.